The van der Waals surface area contributed by atoms with E-state index in [4.69, 9.17) is 0 Å². The van der Waals surface area contributed by atoms with Crippen LogP contribution in [0.3, 0.4) is 0 Å². The van der Waals surface area contributed by atoms with Crippen molar-refractivity contribution >= 4 is 28.7 Å². The number of Topliss-reactive ketones (excluding diaryl/α,β-unsaturated/α-hetero) is 1. The van der Waals surface area contributed by atoms with Gasteiger partial charge in [-0.3, -0.25) is 9.59 Å². The monoisotopic (exact) mass is 512 g/mol. The normalized spacial score (nSPS) is 27.3. The molecule has 5 atom stereocenters. The molecule has 36 heavy (non-hydrogen) atoms. The Hall–Kier alpha value is -2.47. The number of nitrogens with one attached hydrogen (secondary N) is 1. The molecule has 2 saturated carbocycles. The van der Waals surface area contributed by atoms with Crippen molar-refractivity contribution in [2.45, 2.75) is 85.5 Å². The van der Waals surface area contributed by atoms with Gasteiger partial charge in [0.05, 0.1) is 0 Å². The maximum Gasteiger partial charge on any atom is 0.213 e. The van der Waals surface area contributed by atoms with Crippen molar-refractivity contribution < 1.29 is 14.7 Å². The minimum atomic E-state index is -0.0601. The van der Waals surface area contributed by atoms with E-state index in [9.17, 15) is 14.7 Å². The fraction of sp³-hybridized carbons (Fsp3) is 0.567. The number of nitrogens with zero attached hydrogens (tertiary/aromatic N) is 1. The van der Waals surface area contributed by atoms with Crippen LogP contribution in [0.1, 0.15) is 88.1 Å². The molecular formula is C30H44N2O3S. The molecule has 5 nitrogen and oxygen atoms in total. The third kappa shape index (κ3) is 6.26. The Morgan fingerprint density at radius 1 is 1.28 bits per heavy atom. The Kier molecular flexibility index (Phi) is 11.4. The number of ketones is 1. The summed E-state index contributed by atoms with van der Waals surface area (Å²) in [5.41, 5.74) is 2.73. The second-order valence-electron chi connectivity index (χ2n) is 9.89. The highest BCUT2D eigenvalue weighted by Crippen LogP contribution is 2.62. The predicted molar refractivity (Wildman–Crippen MR) is 151 cm³/mol. The number of aromatic nitrogens is 1. The zero-order chi connectivity index (χ0) is 26.9. The average Bonchev–Trinajstić information content (AvgIpc) is 3.41. The quantitative estimate of drug-likeness (QED) is 0.325. The van der Waals surface area contributed by atoms with Crippen LogP contribution in [0.5, 0.6) is 5.75 Å². The molecule has 0 radical (unpaired) electrons. The lowest BCUT2D eigenvalue weighted by atomic mass is 9.54. The second-order valence-corrected chi connectivity index (χ2v) is 11.1. The number of hydrogen-bond donors (Lipinski definition) is 2. The lowest BCUT2D eigenvalue weighted by Crippen LogP contribution is -2.44. The number of phenols is 1. The molecule has 1 aromatic carbocycles. The van der Waals surface area contributed by atoms with Gasteiger partial charge >= 0.3 is 0 Å². The standard InChI is InChI=1S/C21H28O2.C5H6N2OS.C2H6.C2H4/c1-3-4-14-12-19(23)21(2)10-9-17-16-8-6-15(22)11-13(16)5-7-18(17)20(14)21;1-4-2-6-5(9-4)7-3-8;2*1-2/h6,8,11,14,17-18,20,22H,3-5,7,9-10,12H2,1-2H3;2-3H,1H3,(H,6,7,8);1-2H3;1-2H2. The first-order valence-electron chi connectivity index (χ1n) is 13.3. The van der Waals surface area contributed by atoms with Gasteiger partial charge in [-0.25, -0.2) is 4.98 Å². The third-order valence-corrected chi connectivity index (χ3v) is 8.86. The lowest BCUT2D eigenvalue weighted by Gasteiger charge is -2.50. The highest BCUT2D eigenvalue weighted by atomic mass is 32.1. The summed E-state index contributed by atoms with van der Waals surface area (Å²) in [5.74, 6) is 3.37. The van der Waals surface area contributed by atoms with E-state index in [0.717, 1.165) is 30.6 Å². The highest BCUT2D eigenvalue weighted by Gasteiger charge is 2.58. The molecule has 5 rings (SSSR count). The Morgan fingerprint density at radius 2 is 2.00 bits per heavy atom. The van der Waals surface area contributed by atoms with Gasteiger partial charge in [0.15, 0.2) is 5.13 Å². The summed E-state index contributed by atoms with van der Waals surface area (Å²) in [7, 11) is 0. The number of rotatable bonds is 4. The van der Waals surface area contributed by atoms with E-state index in [1.165, 1.54) is 41.7 Å². The van der Waals surface area contributed by atoms with Gasteiger partial charge in [-0.05, 0) is 86.0 Å². The summed E-state index contributed by atoms with van der Waals surface area (Å²) < 4.78 is 0. The van der Waals surface area contributed by atoms with Crippen LogP contribution in [0.4, 0.5) is 5.13 Å². The van der Waals surface area contributed by atoms with Gasteiger partial charge in [-0.1, -0.05) is 40.2 Å². The molecule has 1 aromatic heterocycles. The third-order valence-electron chi connectivity index (χ3n) is 8.02. The number of phenolic OH excluding ortho intramolecular Hbond substituents is 1. The van der Waals surface area contributed by atoms with Crippen molar-refractivity contribution in [2.75, 3.05) is 5.32 Å². The van der Waals surface area contributed by atoms with Crippen LogP contribution in [0.2, 0.25) is 0 Å². The second kappa shape index (κ2) is 13.7. The Balaban J connectivity index is 0.000000295. The number of benzene rings is 1. The van der Waals surface area contributed by atoms with Crippen LogP contribution in [-0.2, 0) is 16.0 Å². The van der Waals surface area contributed by atoms with Crippen molar-refractivity contribution in [2.24, 2.45) is 23.2 Å². The van der Waals surface area contributed by atoms with Gasteiger partial charge in [0.1, 0.15) is 11.5 Å². The molecule has 6 heteroatoms. The van der Waals surface area contributed by atoms with Crippen molar-refractivity contribution in [3.63, 3.8) is 0 Å². The number of carbonyl (C=O) groups excluding carboxylic acids is 2. The van der Waals surface area contributed by atoms with E-state index in [2.05, 4.69) is 43.4 Å². The van der Waals surface area contributed by atoms with Crippen LogP contribution >= 0.6 is 11.3 Å². The molecular weight excluding hydrogens is 468 g/mol. The predicted octanol–water partition coefficient (Wildman–Crippen LogP) is 7.69. The molecule has 2 aromatic rings. The maximum absolute atomic E-state index is 12.7. The van der Waals surface area contributed by atoms with Crippen molar-refractivity contribution in [1.82, 2.24) is 4.98 Å². The van der Waals surface area contributed by atoms with E-state index in [1.807, 2.05) is 32.9 Å². The van der Waals surface area contributed by atoms with Crippen LogP contribution in [-0.4, -0.2) is 22.3 Å². The largest absolute Gasteiger partial charge is 0.508 e. The Morgan fingerprint density at radius 3 is 2.61 bits per heavy atom. The number of carbonyl (C=O) groups is 2. The first-order chi connectivity index (χ1) is 17.4. The number of aryl methyl sites for hydroxylation is 2. The van der Waals surface area contributed by atoms with Crippen molar-refractivity contribution in [3.8, 4) is 5.75 Å². The molecule has 0 aliphatic heterocycles. The smallest absolute Gasteiger partial charge is 0.213 e. The molecule has 5 unspecified atom stereocenters. The molecule has 1 heterocycles. The van der Waals surface area contributed by atoms with Crippen LogP contribution < -0.4 is 5.32 Å². The van der Waals surface area contributed by atoms with E-state index >= 15 is 0 Å². The molecule has 0 bridgehead atoms. The number of thiazole rings is 1. The van der Waals surface area contributed by atoms with E-state index < -0.39 is 0 Å². The summed E-state index contributed by atoms with van der Waals surface area (Å²) in [6, 6.07) is 5.96. The zero-order valence-corrected chi connectivity index (χ0v) is 23.5. The van der Waals surface area contributed by atoms with E-state index in [1.54, 1.807) is 6.20 Å². The van der Waals surface area contributed by atoms with Gasteiger partial charge in [-0.15, -0.1) is 24.5 Å². The highest BCUT2D eigenvalue weighted by molar-refractivity contribution is 7.15. The maximum atomic E-state index is 12.7. The van der Waals surface area contributed by atoms with Gasteiger partial charge in [0.25, 0.3) is 0 Å². The Bertz CT molecular complexity index is 1000. The Labute approximate surface area is 221 Å². The van der Waals surface area contributed by atoms with Crippen LogP contribution in [0.15, 0.2) is 37.6 Å². The van der Waals surface area contributed by atoms with E-state index in [0.29, 0.717) is 46.7 Å². The molecule has 0 spiro atoms. The number of fused-ring (bicyclic) bond motifs is 5. The SMILES string of the molecule is C=C.CC.CCCC1CC(=O)C2(C)CCC3c4ccc(O)cc4CCC3C12.Cc1cnc(NC=O)s1. The van der Waals surface area contributed by atoms with Crippen LogP contribution in [0.25, 0.3) is 0 Å². The zero-order valence-electron chi connectivity index (χ0n) is 22.7. The van der Waals surface area contributed by atoms with Gasteiger partial charge in [0, 0.05) is 22.9 Å². The average molecular weight is 513 g/mol. The minimum absolute atomic E-state index is 0.0601. The number of aromatic hydroxyl groups is 1. The number of hydrogen-bond acceptors (Lipinski definition) is 5. The molecule has 3 aliphatic carbocycles. The fourth-order valence-corrected chi connectivity index (χ4v) is 7.36. The minimum Gasteiger partial charge on any atom is -0.508 e. The van der Waals surface area contributed by atoms with Gasteiger partial charge in [-0.2, -0.15) is 0 Å². The summed E-state index contributed by atoms with van der Waals surface area (Å²) >= 11 is 1.46. The van der Waals surface area contributed by atoms with Crippen LogP contribution in [0, 0.1) is 30.1 Å². The first-order valence-corrected chi connectivity index (χ1v) is 14.2. The molecule has 198 valence electrons. The summed E-state index contributed by atoms with van der Waals surface area (Å²) in [4.78, 5) is 27.6. The first kappa shape index (κ1) is 29.8. The molecule has 2 fully saturated rings. The molecule has 1 amide bonds. The number of anilines is 1. The summed E-state index contributed by atoms with van der Waals surface area (Å²) in [6.07, 6.45) is 10.00. The van der Waals surface area contributed by atoms with Crippen molar-refractivity contribution in [3.05, 3.63) is 53.6 Å². The van der Waals surface area contributed by atoms with Gasteiger partial charge < -0.3 is 10.4 Å². The number of amides is 1. The van der Waals surface area contributed by atoms with E-state index in [-0.39, 0.29) is 5.41 Å². The molecule has 2 N–H and O–H groups in total. The fourth-order valence-electron chi connectivity index (χ4n) is 6.74. The topological polar surface area (TPSA) is 79.3 Å². The lowest BCUT2D eigenvalue weighted by molar-refractivity contribution is -0.129. The summed E-state index contributed by atoms with van der Waals surface area (Å²) in [6.45, 7) is 16.4. The molecule has 3 aliphatic rings. The molecule has 0 saturated heterocycles. The summed E-state index contributed by atoms with van der Waals surface area (Å²) in [5, 5.41) is 12.9. The van der Waals surface area contributed by atoms with Gasteiger partial charge in [0.2, 0.25) is 6.41 Å². The van der Waals surface area contributed by atoms with Crippen molar-refractivity contribution in [1.29, 1.82) is 0 Å².